The zero-order valence-electron chi connectivity index (χ0n) is 11.0. The fourth-order valence-electron chi connectivity index (χ4n) is 1.94. The molecule has 0 radical (unpaired) electrons. The van der Waals surface area contributed by atoms with Crippen LogP contribution >= 0.6 is 11.6 Å². The summed E-state index contributed by atoms with van der Waals surface area (Å²) in [6.07, 6.45) is 6.74. The summed E-state index contributed by atoms with van der Waals surface area (Å²) >= 11 is 5.87. The molecule has 0 unspecified atom stereocenters. The van der Waals surface area contributed by atoms with Crippen LogP contribution in [0.3, 0.4) is 0 Å². The monoisotopic (exact) mass is 276 g/mol. The zero-order chi connectivity index (χ0) is 13.7. The van der Waals surface area contributed by atoms with Crippen LogP contribution in [0.25, 0.3) is 11.1 Å². The van der Waals surface area contributed by atoms with Gasteiger partial charge < -0.3 is 0 Å². The van der Waals surface area contributed by atoms with E-state index in [4.69, 9.17) is 11.6 Å². The van der Waals surface area contributed by atoms with Gasteiger partial charge in [-0.05, 0) is 24.1 Å². The van der Waals surface area contributed by atoms with Gasteiger partial charge >= 0.3 is 5.69 Å². The fourth-order valence-corrected chi connectivity index (χ4v) is 2.07. The number of rotatable bonds is 5. The molecule has 0 aliphatic carbocycles. The quantitative estimate of drug-likeness (QED) is 0.780. The van der Waals surface area contributed by atoms with Crippen LogP contribution in [0.1, 0.15) is 26.2 Å². The molecule has 0 bridgehead atoms. The average molecular weight is 277 g/mol. The maximum Gasteiger partial charge on any atom is 0.347 e. The number of unbranched alkanes of at least 4 members (excludes halogenated alkanes) is 2. The molecule has 3 nitrogen and oxygen atoms in total. The predicted octanol–water partition coefficient (Wildman–Crippen LogP) is 3.75. The standard InChI is InChI=1S/C15H17ClN2O/c1-2-3-4-9-18-11-13(10-17-15(18)19)12-5-7-14(16)8-6-12/h5-8,10-11H,2-4,9H2,1H3. The van der Waals surface area contributed by atoms with Gasteiger partial charge in [-0.3, -0.25) is 4.57 Å². The summed E-state index contributed by atoms with van der Waals surface area (Å²) in [6, 6.07) is 7.53. The van der Waals surface area contributed by atoms with Crippen molar-refractivity contribution in [1.82, 2.24) is 9.55 Å². The topological polar surface area (TPSA) is 34.9 Å². The van der Waals surface area contributed by atoms with E-state index in [0.29, 0.717) is 5.02 Å². The summed E-state index contributed by atoms with van der Waals surface area (Å²) in [7, 11) is 0. The van der Waals surface area contributed by atoms with Crippen LogP contribution in [0, 0.1) is 0 Å². The normalized spacial score (nSPS) is 10.6. The lowest BCUT2D eigenvalue weighted by Crippen LogP contribution is -2.22. The minimum Gasteiger partial charge on any atom is -0.299 e. The molecule has 0 saturated heterocycles. The molecule has 0 spiro atoms. The molecule has 100 valence electrons. The van der Waals surface area contributed by atoms with E-state index in [9.17, 15) is 4.79 Å². The largest absolute Gasteiger partial charge is 0.347 e. The van der Waals surface area contributed by atoms with Gasteiger partial charge in [-0.15, -0.1) is 0 Å². The van der Waals surface area contributed by atoms with Crippen molar-refractivity contribution in [3.63, 3.8) is 0 Å². The van der Waals surface area contributed by atoms with Crippen molar-refractivity contribution in [2.45, 2.75) is 32.7 Å². The third-order valence-electron chi connectivity index (χ3n) is 3.03. The zero-order valence-corrected chi connectivity index (χ0v) is 11.7. The van der Waals surface area contributed by atoms with Gasteiger partial charge in [-0.2, -0.15) is 0 Å². The van der Waals surface area contributed by atoms with Crippen molar-refractivity contribution in [1.29, 1.82) is 0 Å². The van der Waals surface area contributed by atoms with E-state index in [-0.39, 0.29) is 5.69 Å². The highest BCUT2D eigenvalue weighted by Gasteiger charge is 2.02. The smallest absolute Gasteiger partial charge is 0.299 e. The van der Waals surface area contributed by atoms with Crippen molar-refractivity contribution in [2.75, 3.05) is 0 Å². The number of nitrogens with zero attached hydrogens (tertiary/aromatic N) is 2. The lowest BCUT2D eigenvalue weighted by Gasteiger charge is -2.07. The number of hydrogen-bond acceptors (Lipinski definition) is 2. The van der Waals surface area contributed by atoms with Gasteiger partial charge in [0, 0.05) is 29.5 Å². The molecule has 0 atom stereocenters. The van der Waals surface area contributed by atoms with E-state index >= 15 is 0 Å². The highest BCUT2D eigenvalue weighted by Crippen LogP contribution is 2.19. The molecule has 4 heteroatoms. The first-order valence-corrected chi connectivity index (χ1v) is 6.91. The Balaban J connectivity index is 2.25. The SMILES string of the molecule is CCCCCn1cc(-c2ccc(Cl)cc2)cnc1=O. The fraction of sp³-hybridized carbons (Fsp3) is 0.333. The number of hydrogen-bond donors (Lipinski definition) is 0. The van der Waals surface area contributed by atoms with Gasteiger partial charge in [-0.1, -0.05) is 43.5 Å². The van der Waals surface area contributed by atoms with Gasteiger partial charge in [0.05, 0.1) is 0 Å². The molecule has 0 aliphatic heterocycles. The van der Waals surface area contributed by atoms with Crippen molar-refractivity contribution in [3.8, 4) is 11.1 Å². The molecule has 0 fully saturated rings. The highest BCUT2D eigenvalue weighted by atomic mass is 35.5. The summed E-state index contributed by atoms with van der Waals surface area (Å²) in [5, 5.41) is 0.702. The van der Waals surface area contributed by atoms with Crippen molar-refractivity contribution < 1.29 is 0 Å². The van der Waals surface area contributed by atoms with Crippen LogP contribution in [-0.4, -0.2) is 9.55 Å². The Morgan fingerprint density at radius 3 is 2.58 bits per heavy atom. The maximum absolute atomic E-state index is 11.7. The molecule has 1 aromatic carbocycles. The Hall–Kier alpha value is -1.61. The van der Waals surface area contributed by atoms with Gasteiger partial charge in [0.1, 0.15) is 0 Å². The first-order chi connectivity index (χ1) is 9.20. The number of benzene rings is 1. The number of halogens is 1. The molecule has 0 N–H and O–H groups in total. The second-order valence-electron chi connectivity index (χ2n) is 4.53. The molecule has 0 saturated carbocycles. The molecule has 1 heterocycles. The minimum atomic E-state index is -0.186. The van der Waals surface area contributed by atoms with Crippen molar-refractivity contribution in [2.24, 2.45) is 0 Å². The number of aromatic nitrogens is 2. The van der Waals surface area contributed by atoms with Crippen LogP contribution in [0.2, 0.25) is 5.02 Å². The van der Waals surface area contributed by atoms with Gasteiger partial charge in [0.2, 0.25) is 0 Å². The van der Waals surface area contributed by atoms with E-state index in [2.05, 4.69) is 11.9 Å². The van der Waals surface area contributed by atoms with Crippen LogP contribution in [0.5, 0.6) is 0 Å². The second-order valence-corrected chi connectivity index (χ2v) is 4.97. The van der Waals surface area contributed by atoms with Crippen LogP contribution in [0.4, 0.5) is 0 Å². The molecule has 0 amide bonds. The van der Waals surface area contributed by atoms with Crippen LogP contribution < -0.4 is 5.69 Å². The van der Waals surface area contributed by atoms with E-state index in [1.54, 1.807) is 10.8 Å². The summed E-state index contributed by atoms with van der Waals surface area (Å²) in [5.41, 5.74) is 1.77. The minimum absolute atomic E-state index is 0.186. The highest BCUT2D eigenvalue weighted by molar-refractivity contribution is 6.30. The maximum atomic E-state index is 11.7. The molecule has 2 rings (SSSR count). The van der Waals surface area contributed by atoms with Crippen LogP contribution in [-0.2, 0) is 6.54 Å². The average Bonchev–Trinajstić information content (AvgIpc) is 2.42. The van der Waals surface area contributed by atoms with E-state index in [1.165, 1.54) is 0 Å². The first kappa shape index (κ1) is 13.8. The molecule has 1 aromatic heterocycles. The lowest BCUT2D eigenvalue weighted by atomic mass is 10.1. The van der Waals surface area contributed by atoms with Gasteiger partial charge in [-0.25, -0.2) is 9.78 Å². The third kappa shape index (κ3) is 3.67. The molecular formula is C15H17ClN2O. The Morgan fingerprint density at radius 2 is 1.89 bits per heavy atom. The summed E-state index contributed by atoms with van der Waals surface area (Å²) in [6.45, 7) is 2.87. The van der Waals surface area contributed by atoms with E-state index in [0.717, 1.165) is 36.9 Å². The Kier molecular flexibility index (Phi) is 4.74. The van der Waals surface area contributed by atoms with Crippen LogP contribution in [0.15, 0.2) is 41.5 Å². The van der Waals surface area contributed by atoms with Crippen molar-refractivity contribution >= 4 is 11.6 Å². The third-order valence-corrected chi connectivity index (χ3v) is 3.29. The predicted molar refractivity (Wildman–Crippen MR) is 78.5 cm³/mol. The summed E-state index contributed by atoms with van der Waals surface area (Å²) in [4.78, 5) is 15.6. The molecule has 19 heavy (non-hydrogen) atoms. The van der Waals surface area contributed by atoms with Gasteiger partial charge in [0.15, 0.2) is 0 Å². The first-order valence-electron chi connectivity index (χ1n) is 6.53. The second kappa shape index (κ2) is 6.53. The number of aryl methyl sites for hydroxylation is 1. The Morgan fingerprint density at radius 1 is 1.16 bits per heavy atom. The Labute approximate surface area is 117 Å². The Bertz CT molecular complexity index is 590. The van der Waals surface area contributed by atoms with E-state index < -0.39 is 0 Å². The lowest BCUT2D eigenvalue weighted by molar-refractivity contribution is 0.577. The van der Waals surface area contributed by atoms with Gasteiger partial charge in [0.25, 0.3) is 0 Å². The molecule has 2 aromatic rings. The summed E-state index contributed by atoms with van der Waals surface area (Å²) < 4.78 is 1.68. The van der Waals surface area contributed by atoms with Crippen molar-refractivity contribution in [3.05, 3.63) is 52.2 Å². The molecule has 0 aliphatic rings. The molecular weight excluding hydrogens is 260 g/mol. The van der Waals surface area contributed by atoms with E-state index in [1.807, 2.05) is 30.5 Å². The summed E-state index contributed by atoms with van der Waals surface area (Å²) in [5.74, 6) is 0.